The summed E-state index contributed by atoms with van der Waals surface area (Å²) < 4.78 is 1.08. The predicted molar refractivity (Wildman–Crippen MR) is 87.5 cm³/mol. The van der Waals surface area contributed by atoms with E-state index in [1.54, 1.807) is 0 Å². The monoisotopic (exact) mass is 335 g/mol. The molecule has 0 spiro atoms. The van der Waals surface area contributed by atoms with Crippen molar-refractivity contribution in [1.82, 2.24) is 0 Å². The van der Waals surface area contributed by atoms with Crippen LogP contribution in [0.5, 0.6) is 0 Å². The van der Waals surface area contributed by atoms with Crippen molar-refractivity contribution in [3.05, 3.63) is 63.6 Å². The van der Waals surface area contributed by atoms with Crippen LogP contribution in [-0.4, -0.2) is 0 Å². The van der Waals surface area contributed by atoms with Crippen LogP contribution in [0.2, 0.25) is 0 Å². The Labute approximate surface area is 127 Å². The van der Waals surface area contributed by atoms with Crippen molar-refractivity contribution in [1.29, 1.82) is 0 Å². The zero-order chi connectivity index (χ0) is 13.8. The van der Waals surface area contributed by atoms with Crippen LogP contribution in [0.15, 0.2) is 51.8 Å². The molecule has 1 unspecified atom stereocenters. The molecule has 0 aliphatic heterocycles. The number of hydrogen-bond acceptors (Lipinski definition) is 2. The zero-order valence-electron chi connectivity index (χ0n) is 11.2. The van der Waals surface area contributed by atoms with E-state index in [1.165, 1.54) is 21.6 Å². The van der Waals surface area contributed by atoms with Crippen LogP contribution in [0, 0.1) is 6.92 Å². The van der Waals surface area contributed by atoms with E-state index >= 15 is 0 Å². The highest BCUT2D eigenvalue weighted by Gasteiger charge is 2.08. The molecule has 1 atom stereocenters. The number of hydrogen-bond donors (Lipinski definition) is 1. The lowest BCUT2D eigenvalue weighted by Crippen LogP contribution is -2.06. The normalized spacial score (nSPS) is 12.4. The van der Waals surface area contributed by atoms with E-state index < -0.39 is 0 Å². The van der Waals surface area contributed by atoms with Crippen LogP contribution in [0.25, 0.3) is 0 Å². The molecule has 0 aliphatic carbocycles. The quantitative estimate of drug-likeness (QED) is 0.789. The molecule has 3 heteroatoms. The maximum Gasteiger partial charge on any atom is 0.0277 e. The average Bonchev–Trinajstić information content (AvgIpc) is 2.37. The molecule has 0 bridgehead atoms. The minimum absolute atomic E-state index is 0.0532. The van der Waals surface area contributed by atoms with E-state index in [9.17, 15) is 0 Å². The van der Waals surface area contributed by atoms with Crippen molar-refractivity contribution < 1.29 is 0 Å². The van der Waals surface area contributed by atoms with Gasteiger partial charge in [-0.15, -0.1) is 11.8 Å². The average molecular weight is 336 g/mol. The Bertz CT molecular complexity index is 566. The fourth-order valence-corrected chi connectivity index (χ4v) is 3.43. The lowest BCUT2D eigenvalue weighted by Gasteiger charge is -2.13. The molecule has 0 fully saturated rings. The Morgan fingerprint density at radius 1 is 1.21 bits per heavy atom. The van der Waals surface area contributed by atoms with Crippen LogP contribution in [0.3, 0.4) is 0 Å². The summed E-state index contributed by atoms with van der Waals surface area (Å²) in [6.07, 6.45) is 0. The summed E-state index contributed by atoms with van der Waals surface area (Å²) in [7, 11) is 0. The summed E-state index contributed by atoms with van der Waals surface area (Å²) in [5, 5.41) is 0. The third-order valence-electron chi connectivity index (χ3n) is 2.94. The molecular weight excluding hydrogens is 318 g/mol. The molecule has 2 aromatic carbocycles. The number of aryl methyl sites for hydroxylation is 1. The van der Waals surface area contributed by atoms with E-state index in [2.05, 4.69) is 65.3 Å². The molecule has 1 nitrogen and oxygen atoms in total. The van der Waals surface area contributed by atoms with Gasteiger partial charge in [0.1, 0.15) is 0 Å². The largest absolute Gasteiger partial charge is 0.324 e. The standard InChI is InChI=1S/C16H18BrNS/c1-11-4-3-5-13(8-11)10-19-16-7-6-14(17)9-15(16)12(2)18/h3-9,12H,10,18H2,1-2H3. The molecule has 0 heterocycles. The number of halogens is 1. The maximum absolute atomic E-state index is 6.04. The fraction of sp³-hybridized carbons (Fsp3) is 0.250. The Balaban J connectivity index is 2.15. The molecule has 0 saturated heterocycles. The van der Waals surface area contributed by atoms with Crippen molar-refractivity contribution in [3.8, 4) is 0 Å². The summed E-state index contributed by atoms with van der Waals surface area (Å²) in [5.41, 5.74) is 9.90. The van der Waals surface area contributed by atoms with Gasteiger partial charge < -0.3 is 5.73 Å². The van der Waals surface area contributed by atoms with Crippen molar-refractivity contribution in [2.45, 2.75) is 30.5 Å². The van der Waals surface area contributed by atoms with E-state index in [0.29, 0.717) is 0 Å². The molecule has 2 N–H and O–H groups in total. The highest BCUT2D eigenvalue weighted by Crippen LogP contribution is 2.31. The molecule has 0 saturated carbocycles. The van der Waals surface area contributed by atoms with E-state index in [0.717, 1.165) is 10.2 Å². The summed E-state index contributed by atoms with van der Waals surface area (Å²) in [6.45, 7) is 4.15. The van der Waals surface area contributed by atoms with Crippen molar-refractivity contribution in [2.24, 2.45) is 5.73 Å². The van der Waals surface area contributed by atoms with Crippen molar-refractivity contribution >= 4 is 27.7 Å². The molecule has 0 aromatic heterocycles. The maximum atomic E-state index is 6.04. The third-order valence-corrected chi connectivity index (χ3v) is 4.59. The fourth-order valence-electron chi connectivity index (χ4n) is 1.97. The van der Waals surface area contributed by atoms with Gasteiger partial charge in [0.25, 0.3) is 0 Å². The topological polar surface area (TPSA) is 26.0 Å². The van der Waals surface area contributed by atoms with Gasteiger partial charge in [-0.3, -0.25) is 0 Å². The first-order valence-corrected chi connectivity index (χ1v) is 8.07. The van der Waals surface area contributed by atoms with Gasteiger partial charge in [0.05, 0.1) is 0 Å². The molecule has 0 radical (unpaired) electrons. The van der Waals surface area contributed by atoms with Gasteiger partial charge in [0.15, 0.2) is 0 Å². The second kappa shape index (κ2) is 6.60. The molecule has 0 aliphatic rings. The van der Waals surface area contributed by atoms with Gasteiger partial charge in [-0.2, -0.15) is 0 Å². The number of nitrogens with two attached hydrogens (primary N) is 1. The summed E-state index contributed by atoms with van der Waals surface area (Å²) >= 11 is 5.35. The summed E-state index contributed by atoms with van der Waals surface area (Å²) in [4.78, 5) is 1.26. The van der Waals surface area contributed by atoms with Gasteiger partial charge >= 0.3 is 0 Å². The van der Waals surface area contributed by atoms with Crippen LogP contribution in [-0.2, 0) is 5.75 Å². The van der Waals surface area contributed by atoms with Crippen LogP contribution in [0.1, 0.15) is 29.7 Å². The smallest absolute Gasteiger partial charge is 0.0277 e. The second-order valence-corrected chi connectivity index (χ2v) is 6.68. The molecule has 100 valence electrons. The van der Waals surface area contributed by atoms with Gasteiger partial charge in [-0.05, 0) is 43.2 Å². The van der Waals surface area contributed by atoms with Crippen LogP contribution < -0.4 is 5.73 Å². The SMILES string of the molecule is Cc1cccc(CSc2ccc(Br)cc2C(C)N)c1. The molecule has 0 amide bonds. The van der Waals surface area contributed by atoms with Crippen molar-refractivity contribution in [3.63, 3.8) is 0 Å². The van der Waals surface area contributed by atoms with E-state index in [-0.39, 0.29) is 6.04 Å². The molecule has 19 heavy (non-hydrogen) atoms. The minimum Gasteiger partial charge on any atom is -0.324 e. The van der Waals surface area contributed by atoms with Gasteiger partial charge in [0.2, 0.25) is 0 Å². The number of thioether (sulfide) groups is 1. The molecular formula is C16H18BrNS. The van der Waals surface area contributed by atoms with Gasteiger partial charge in [-0.25, -0.2) is 0 Å². The van der Waals surface area contributed by atoms with Crippen molar-refractivity contribution in [2.75, 3.05) is 0 Å². The highest BCUT2D eigenvalue weighted by atomic mass is 79.9. The lowest BCUT2D eigenvalue weighted by atomic mass is 10.1. The first-order chi connectivity index (χ1) is 9.06. The Hall–Kier alpha value is -0.770. The first-order valence-electron chi connectivity index (χ1n) is 6.29. The molecule has 2 rings (SSSR count). The molecule has 2 aromatic rings. The van der Waals surface area contributed by atoms with Gasteiger partial charge in [-0.1, -0.05) is 45.8 Å². The van der Waals surface area contributed by atoms with Crippen LogP contribution in [0.4, 0.5) is 0 Å². The highest BCUT2D eigenvalue weighted by molar-refractivity contribution is 9.10. The predicted octanol–water partition coefficient (Wildman–Crippen LogP) is 5.07. The van der Waals surface area contributed by atoms with E-state index in [1.807, 2.05) is 18.7 Å². The Morgan fingerprint density at radius 2 is 2.00 bits per heavy atom. The summed E-state index contributed by atoms with van der Waals surface area (Å²) in [5.74, 6) is 0.975. The third kappa shape index (κ3) is 4.10. The van der Waals surface area contributed by atoms with Gasteiger partial charge in [0, 0.05) is 21.2 Å². The Kier molecular flexibility index (Phi) is 5.08. The zero-order valence-corrected chi connectivity index (χ0v) is 13.6. The Morgan fingerprint density at radius 3 is 2.68 bits per heavy atom. The minimum atomic E-state index is 0.0532. The second-order valence-electron chi connectivity index (χ2n) is 4.75. The van der Waals surface area contributed by atoms with E-state index in [4.69, 9.17) is 5.73 Å². The summed E-state index contributed by atoms with van der Waals surface area (Å²) in [6, 6.07) is 15.0. The van der Waals surface area contributed by atoms with Crippen LogP contribution >= 0.6 is 27.7 Å². The number of rotatable bonds is 4. The lowest BCUT2D eigenvalue weighted by molar-refractivity contribution is 0.796. The first kappa shape index (κ1) is 14.6. The number of benzene rings is 2.